The van der Waals surface area contributed by atoms with E-state index in [0.29, 0.717) is 26.4 Å². The average Bonchev–Trinajstić information content (AvgIpc) is 2.39. The lowest BCUT2D eigenvalue weighted by Crippen LogP contribution is -2.04. The molecule has 0 aromatic heterocycles. The van der Waals surface area contributed by atoms with Crippen molar-refractivity contribution in [3.05, 3.63) is 25.7 Å². The van der Waals surface area contributed by atoms with Crippen LogP contribution in [-0.4, -0.2) is 51.1 Å². The Morgan fingerprint density at radius 1 is 0.667 bits per heavy atom. The summed E-state index contributed by atoms with van der Waals surface area (Å²) >= 11 is 0. The van der Waals surface area contributed by atoms with Crippen molar-refractivity contribution in [1.82, 2.24) is 0 Å². The average molecular weight is 294 g/mol. The summed E-state index contributed by atoms with van der Waals surface area (Å²) in [7, 11) is 3.58. The maximum atomic E-state index is 5.34. The van der Waals surface area contributed by atoms with Gasteiger partial charge in [-0.3, -0.25) is 0 Å². The van der Waals surface area contributed by atoms with Crippen LogP contribution in [-0.2, 0) is 18.9 Å². The third-order valence-electron chi connectivity index (χ3n) is 1.63. The highest BCUT2D eigenvalue weighted by molar-refractivity contribution is 8.76. The van der Waals surface area contributed by atoms with Crippen LogP contribution in [0.2, 0.25) is 0 Å². The molecule has 0 rings (SSSR count). The summed E-state index contributed by atoms with van der Waals surface area (Å²) in [6.45, 7) is 10.8. The molecule has 0 saturated heterocycles. The van der Waals surface area contributed by atoms with Gasteiger partial charge in [-0.1, -0.05) is 34.7 Å². The lowest BCUT2D eigenvalue weighted by Gasteiger charge is -2.05. The molecule has 0 amide bonds. The molecule has 0 fully saturated rings. The molecule has 0 N–H and O–H groups in total. The van der Waals surface area contributed by atoms with Crippen LogP contribution >= 0.6 is 21.6 Å². The topological polar surface area (TPSA) is 36.9 Å². The maximum absolute atomic E-state index is 5.34. The van der Waals surface area contributed by atoms with E-state index in [1.807, 2.05) is 0 Å². The van der Waals surface area contributed by atoms with E-state index in [1.165, 1.54) is 12.5 Å². The first-order valence-electron chi connectivity index (χ1n) is 5.76. The van der Waals surface area contributed by atoms with Crippen molar-refractivity contribution in [1.29, 1.82) is 0 Å². The molecule has 0 atom stereocenters. The summed E-state index contributed by atoms with van der Waals surface area (Å²) in [5, 5.41) is 0. The second kappa shape index (κ2) is 16.7. The third-order valence-corrected chi connectivity index (χ3v) is 3.97. The fraction of sp³-hybridized carbons (Fsp3) is 0.667. The van der Waals surface area contributed by atoms with Crippen LogP contribution in [0, 0.1) is 0 Å². The molecule has 0 unspecified atom stereocenters. The summed E-state index contributed by atoms with van der Waals surface area (Å²) < 4.78 is 20.5. The van der Waals surface area contributed by atoms with Gasteiger partial charge >= 0.3 is 0 Å². The van der Waals surface area contributed by atoms with Gasteiger partial charge in [-0.25, -0.2) is 0 Å². The molecule has 0 saturated carbocycles. The van der Waals surface area contributed by atoms with Gasteiger partial charge in [0.05, 0.1) is 39.0 Å². The molecule has 0 aliphatic rings. The van der Waals surface area contributed by atoms with E-state index in [-0.39, 0.29) is 0 Å². The lowest BCUT2D eigenvalue weighted by atomic mass is 10.7. The predicted molar refractivity (Wildman–Crippen MR) is 78.9 cm³/mol. The quantitative estimate of drug-likeness (QED) is 0.263. The Balaban J connectivity index is 2.90. The van der Waals surface area contributed by atoms with E-state index < -0.39 is 0 Å². The Morgan fingerprint density at radius 2 is 1.11 bits per heavy atom. The van der Waals surface area contributed by atoms with Gasteiger partial charge in [0, 0.05) is 11.5 Å². The van der Waals surface area contributed by atoms with Crippen molar-refractivity contribution < 1.29 is 18.9 Å². The number of hydrogen-bond donors (Lipinski definition) is 0. The molecule has 6 heteroatoms. The van der Waals surface area contributed by atoms with Gasteiger partial charge in [0.1, 0.15) is 13.2 Å². The highest BCUT2D eigenvalue weighted by Gasteiger charge is 1.93. The molecule has 0 aromatic rings. The minimum absolute atomic E-state index is 0.571. The van der Waals surface area contributed by atoms with Crippen LogP contribution in [0.5, 0.6) is 0 Å². The van der Waals surface area contributed by atoms with Crippen molar-refractivity contribution in [3.8, 4) is 0 Å². The van der Waals surface area contributed by atoms with E-state index in [0.717, 1.165) is 24.7 Å². The molecule has 0 aliphatic carbocycles. The van der Waals surface area contributed by atoms with Crippen molar-refractivity contribution in [2.75, 3.05) is 51.1 Å². The normalized spacial score (nSPS) is 10.0. The molecule has 0 spiro atoms. The first-order chi connectivity index (χ1) is 8.91. The molecule has 0 aromatic carbocycles. The van der Waals surface area contributed by atoms with Crippen LogP contribution in [0.25, 0.3) is 0 Å². The van der Waals surface area contributed by atoms with E-state index in [4.69, 9.17) is 18.9 Å². The van der Waals surface area contributed by atoms with Crippen LogP contribution in [0.3, 0.4) is 0 Å². The molecule has 0 radical (unpaired) electrons. The zero-order valence-corrected chi connectivity index (χ0v) is 12.3. The molecule has 0 heterocycles. The van der Waals surface area contributed by atoms with Crippen LogP contribution in [0.15, 0.2) is 25.7 Å². The van der Waals surface area contributed by atoms with Gasteiger partial charge in [-0.2, -0.15) is 0 Å². The Kier molecular flexibility index (Phi) is 16.4. The Labute approximate surface area is 117 Å². The zero-order valence-electron chi connectivity index (χ0n) is 10.7. The van der Waals surface area contributed by atoms with Crippen molar-refractivity contribution in [2.24, 2.45) is 0 Å². The molecular weight excluding hydrogens is 272 g/mol. The smallest absolute Gasteiger partial charge is 0.111 e. The van der Waals surface area contributed by atoms with E-state index >= 15 is 0 Å². The van der Waals surface area contributed by atoms with Gasteiger partial charge in [-0.15, -0.1) is 0 Å². The summed E-state index contributed by atoms with van der Waals surface area (Å²) in [6.07, 6.45) is 2.85. The van der Waals surface area contributed by atoms with Gasteiger partial charge in [-0.05, 0) is 0 Å². The van der Waals surface area contributed by atoms with Crippen LogP contribution in [0.4, 0.5) is 0 Å². The highest BCUT2D eigenvalue weighted by Crippen LogP contribution is 2.20. The van der Waals surface area contributed by atoms with Gasteiger partial charge in [0.25, 0.3) is 0 Å². The first kappa shape index (κ1) is 17.7. The van der Waals surface area contributed by atoms with Gasteiger partial charge < -0.3 is 18.9 Å². The molecule has 0 aliphatic heterocycles. The fourth-order valence-electron chi connectivity index (χ4n) is 0.889. The van der Waals surface area contributed by atoms with Crippen molar-refractivity contribution >= 4 is 21.6 Å². The first-order valence-corrected chi connectivity index (χ1v) is 8.25. The largest absolute Gasteiger partial charge is 0.499 e. The standard InChI is InChI=1S/C12H22O4S2/c1-3-13-5-7-15-9-11-17-18-12-10-16-8-6-14-4-2/h3-4H,1-2,5-12H2. The van der Waals surface area contributed by atoms with Gasteiger partial charge in [0.15, 0.2) is 0 Å². The molecular formula is C12H22O4S2. The Hall–Kier alpha value is -0.300. The lowest BCUT2D eigenvalue weighted by molar-refractivity contribution is 0.0949. The number of rotatable bonds is 15. The Bertz CT molecular complexity index is 171. The monoisotopic (exact) mass is 294 g/mol. The zero-order chi connectivity index (χ0) is 13.3. The molecule has 106 valence electrons. The SMILES string of the molecule is C=COCCOCCSSCCOCCOC=C. The predicted octanol–water partition coefficient (Wildman–Crippen LogP) is 2.72. The second-order valence-corrected chi connectivity index (χ2v) is 5.65. The minimum Gasteiger partial charge on any atom is -0.499 e. The van der Waals surface area contributed by atoms with E-state index in [1.54, 1.807) is 21.6 Å². The second-order valence-electron chi connectivity index (χ2n) is 2.94. The molecule has 18 heavy (non-hydrogen) atoms. The minimum atomic E-state index is 0.571. The van der Waals surface area contributed by atoms with Crippen molar-refractivity contribution in [2.45, 2.75) is 0 Å². The van der Waals surface area contributed by atoms with Crippen LogP contribution < -0.4 is 0 Å². The summed E-state index contributed by atoms with van der Waals surface area (Å²) in [4.78, 5) is 0. The molecule has 4 nitrogen and oxygen atoms in total. The molecule has 0 bridgehead atoms. The highest BCUT2D eigenvalue weighted by atomic mass is 33.1. The number of ether oxygens (including phenoxy) is 4. The maximum Gasteiger partial charge on any atom is 0.111 e. The third kappa shape index (κ3) is 15.7. The Morgan fingerprint density at radius 3 is 1.50 bits per heavy atom. The van der Waals surface area contributed by atoms with E-state index in [9.17, 15) is 0 Å². The van der Waals surface area contributed by atoms with E-state index in [2.05, 4.69) is 13.2 Å². The summed E-state index contributed by atoms with van der Waals surface area (Å²) in [6, 6.07) is 0. The van der Waals surface area contributed by atoms with Crippen LogP contribution in [0.1, 0.15) is 0 Å². The van der Waals surface area contributed by atoms with Gasteiger partial charge in [0.2, 0.25) is 0 Å². The van der Waals surface area contributed by atoms with Crippen molar-refractivity contribution in [3.63, 3.8) is 0 Å². The summed E-state index contributed by atoms with van der Waals surface area (Å²) in [5.41, 5.74) is 0. The fourth-order valence-corrected chi connectivity index (χ4v) is 2.61. The number of hydrogen-bond acceptors (Lipinski definition) is 6. The summed E-state index contributed by atoms with van der Waals surface area (Å²) in [5.74, 6) is 1.94.